The lowest BCUT2D eigenvalue weighted by Gasteiger charge is -2.15. The van der Waals surface area contributed by atoms with Crippen LogP contribution in [0.3, 0.4) is 0 Å². The summed E-state index contributed by atoms with van der Waals surface area (Å²) in [5.41, 5.74) is 1.43. The van der Waals surface area contributed by atoms with Crippen molar-refractivity contribution in [1.82, 2.24) is 20.1 Å². The molecule has 0 fully saturated rings. The molecule has 4 rings (SSSR count). The van der Waals surface area contributed by atoms with Crippen molar-refractivity contribution in [1.29, 1.82) is 0 Å². The maximum atomic E-state index is 12.5. The van der Waals surface area contributed by atoms with Crippen LogP contribution < -0.4 is 10.6 Å². The molecule has 0 saturated heterocycles. The van der Waals surface area contributed by atoms with Crippen molar-refractivity contribution in [3.05, 3.63) is 89.6 Å². The minimum atomic E-state index is -0.468. The monoisotopic (exact) mass is 481 g/mol. The fraction of sp³-hybridized carbons (Fsp3) is 0.130. The first-order valence-electron chi connectivity index (χ1n) is 10.0. The molecule has 1 unspecified atom stereocenters. The van der Waals surface area contributed by atoms with Crippen LogP contribution >= 0.6 is 23.4 Å². The number of hydrogen-bond donors (Lipinski definition) is 2. The van der Waals surface area contributed by atoms with Crippen LogP contribution in [0.5, 0.6) is 0 Å². The van der Waals surface area contributed by atoms with Crippen LogP contribution in [-0.2, 0) is 4.79 Å². The number of halogens is 1. The van der Waals surface area contributed by atoms with Crippen molar-refractivity contribution in [2.45, 2.75) is 18.1 Å². The van der Waals surface area contributed by atoms with Gasteiger partial charge in [-0.05, 0) is 49.4 Å². The van der Waals surface area contributed by atoms with Gasteiger partial charge in [0.25, 0.3) is 5.91 Å². The van der Waals surface area contributed by atoms with Gasteiger partial charge in [-0.1, -0.05) is 47.6 Å². The molecular weight excluding hydrogens is 462 g/mol. The van der Waals surface area contributed by atoms with Crippen molar-refractivity contribution >= 4 is 40.9 Å². The van der Waals surface area contributed by atoms with Crippen molar-refractivity contribution < 1.29 is 14.0 Å². The van der Waals surface area contributed by atoms with Gasteiger partial charge in [-0.15, -0.1) is 10.2 Å². The van der Waals surface area contributed by atoms with E-state index >= 15 is 0 Å². The second-order valence-corrected chi connectivity index (χ2v) is 8.41. The number of carbonyl (C=O) groups excluding carboxylic acids is 2. The van der Waals surface area contributed by atoms with Crippen LogP contribution in [0.25, 0.3) is 5.69 Å². The van der Waals surface area contributed by atoms with Gasteiger partial charge in [0, 0.05) is 16.4 Å². The summed E-state index contributed by atoms with van der Waals surface area (Å²) in [5, 5.41) is 15.3. The molecule has 1 atom stereocenters. The Bertz CT molecular complexity index is 1240. The molecule has 33 heavy (non-hydrogen) atoms. The summed E-state index contributed by atoms with van der Waals surface area (Å²) >= 11 is 7.22. The van der Waals surface area contributed by atoms with E-state index in [4.69, 9.17) is 16.0 Å². The molecule has 0 spiro atoms. The number of rotatable bonds is 8. The van der Waals surface area contributed by atoms with Crippen LogP contribution in [0.15, 0.2) is 82.6 Å². The van der Waals surface area contributed by atoms with E-state index in [1.807, 2.05) is 41.8 Å². The van der Waals surface area contributed by atoms with Crippen molar-refractivity contribution in [3.63, 3.8) is 0 Å². The van der Waals surface area contributed by atoms with Gasteiger partial charge in [0.2, 0.25) is 5.91 Å². The topological polar surface area (TPSA) is 102 Å². The van der Waals surface area contributed by atoms with E-state index < -0.39 is 6.04 Å². The average molecular weight is 482 g/mol. The van der Waals surface area contributed by atoms with Crippen molar-refractivity contribution in [2.75, 3.05) is 11.1 Å². The Morgan fingerprint density at radius 3 is 2.64 bits per heavy atom. The second-order valence-electron chi connectivity index (χ2n) is 7.03. The van der Waals surface area contributed by atoms with Gasteiger partial charge >= 0.3 is 0 Å². The van der Waals surface area contributed by atoms with Gasteiger partial charge in [0.15, 0.2) is 16.7 Å². The SMILES string of the molecule is CC(NC(=O)c1ccco1)c1nnc(SCC(=O)Nc2cccc(Cl)c2)n1-c1ccccc1. The first kappa shape index (κ1) is 22.6. The highest BCUT2D eigenvalue weighted by Crippen LogP contribution is 2.25. The lowest BCUT2D eigenvalue weighted by molar-refractivity contribution is -0.113. The first-order valence-corrected chi connectivity index (χ1v) is 11.4. The highest BCUT2D eigenvalue weighted by Gasteiger charge is 2.22. The van der Waals surface area contributed by atoms with Gasteiger partial charge in [-0.2, -0.15) is 0 Å². The molecule has 10 heteroatoms. The lowest BCUT2D eigenvalue weighted by atomic mass is 10.2. The molecule has 8 nitrogen and oxygen atoms in total. The number of aromatic nitrogens is 3. The Morgan fingerprint density at radius 1 is 1.09 bits per heavy atom. The van der Waals surface area contributed by atoms with Crippen LogP contribution in [0.1, 0.15) is 29.3 Å². The highest BCUT2D eigenvalue weighted by molar-refractivity contribution is 7.99. The Labute approximate surface area is 199 Å². The Hall–Kier alpha value is -3.56. The molecule has 2 N–H and O–H groups in total. The Kier molecular flexibility index (Phi) is 7.11. The number of anilines is 1. The maximum absolute atomic E-state index is 12.5. The van der Waals surface area contributed by atoms with Crippen LogP contribution in [0, 0.1) is 0 Å². The lowest BCUT2D eigenvalue weighted by Crippen LogP contribution is -2.28. The smallest absolute Gasteiger partial charge is 0.287 e. The van der Waals surface area contributed by atoms with E-state index in [1.165, 1.54) is 18.0 Å². The highest BCUT2D eigenvalue weighted by atomic mass is 35.5. The number of hydrogen-bond acceptors (Lipinski definition) is 6. The van der Waals surface area contributed by atoms with E-state index in [2.05, 4.69) is 20.8 Å². The molecule has 0 bridgehead atoms. The quantitative estimate of drug-likeness (QED) is 0.352. The van der Waals surface area contributed by atoms with E-state index in [1.54, 1.807) is 36.4 Å². The van der Waals surface area contributed by atoms with E-state index in [0.29, 0.717) is 21.7 Å². The normalized spacial score (nSPS) is 11.7. The summed E-state index contributed by atoms with van der Waals surface area (Å²) in [7, 11) is 0. The molecule has 0 aliphatic carbocycles. The molecule has 2 heterocycles. The third kappa shape index (κ3) is 5.63. The fourth-order valence-electron chi connectivity index (χ4n) is 3.11. The number of nitrogens with one attached hydrogen (secondary N) is 2. The average Bonchev–Trinajstić information content (AvgIpc) is 3.49. The van der Waals surface area contributed by atoms with Gasteiger partial charge in [-0.3, -0.25) is 14.2 Å². The summed E-state index contributed by atoms with van der Waals surface area (Å²) in [4.78, 5) is 24.9. The number of amides is 2. The van der Waals surface area contributed by atoms with Gasteiger partial charge in [0.1, 0.15) is 0 Å². The third-order valence-electron chi connectivity index (χ3n) is 4.59. The summed E-state index contributed by atoms with van der Waals surface area (Å²) < 4.78 is 6.99. The van der Waals surface area contributed by atoms with Crippen molar-refractivity contribution in [2.24, 2.45) is 0 Å². The van der Waals surface area contributed by atoms with Gasteiger partial charge < -0.3 is 15.1 Å². The summed E-state index contributed by atoms with van der Waals surface area (Å²) in [6, 6.07) is 19.2. The number of nitrogens with zero attached hydrogens (tertiary/aromatic N) is 3. The summed E-state index contributed by atoms with van der Waals surface area (Å²) in [6.07, 6.45) is 1.44. The largest absolute Gasteiger partial charge is 0.459 e. The molecule has 0 saturated carbocycles. The first-order chi connectivity index (χ1) is 16.0. The maximum Gasteiger partial charge on any atom is 0.287 e. The minimum absolute atomic E-state index is 0.116. The standard InChI is InChI=1S/C23H20ClN5O3S/c1-15(25-22(31)19-11-6-12-32-19)21-27-28-23(29(21)18-9-3-2-4-10-18)33-14-20(30)26-17-8-5-7-16(24)13-17/h2-13,15H,14H2,1H3,(H,25,31)(H,26,30). The van der Waals surface area contributed by atoms with E-state index in [0.717, 1.165) is 5.69 Å². The molecular formula is C23H20ClN5O3S. The predicted octanol–water partition coefficient (Wildman–Crippen LogP) is 4.74. The molecule has 0 aliphatic rings. The fourth-order valence-corrected chi connectivity index (χ4v) is 4.06. The van der Waals surface area contributed by atoms with Gasteiger partial charge in [-0.25, -0.2) is 0 Å². The zero-order valence-corrected chi connectivity index (χ0v) is 19.1. The summed E-state index contributed by atoms with van der Waals surface area (Å²) in [5.74, 6) is 0.291. The number of thioether (sulfide) groups is 1. The third-order valence-corrected chi connectivity index (χ3v) is 5.76. The van der Waals surface area contributed by atoms with Crippen LogP contribution in [0.2, 0.25) is 5.02 Å². The van der Waals surface area contributed by atoms with E-state index in [-0.39, 0.29) is 23.3 Å². The zero-order valence-electron chi connectivity index (χ0n) is 17.6. The summed E-state index contributed by atoms with van der Waals surface area (Å²) in [6.45, 7) is 1.81. The molecule has 0 radical (unpaired) electrons. The number of benzene rings is 2. The van der Waals surface area contributed by atoms with Crippen LogP contribution in [0.4, 0.5) is 5.69 Å². The molecule has 2 amide bonds. The predicted molar refractivity (Wildman–Crippen MR) is 127 cm³/mol. The van der Waals surface area contributed by atoms with E-state index in [9.17, 15) is 9.59 Å². The molecule has 168 valence electrons. The zero-order chi connectivity index (χ0) is 23.2. The number of furan rings is 1. The number of carbonyl (C=O) groups is 2. The molecule has 0 aliphatic heterocycles. The van der Waals surface area contributed by atoms with Crippen LogP contribution in [-0.4, -0.2) is 32.3 Å². The second kappa shape index (κ2) is 10.4. The Balaban J connectivity index is 1.52. The molecule has 2 aromatic heterocycles. The molecule has 4 aromatic rings. The van der Waals surface area contributed by atoms with Crippen molar-refractivity contribution in [3.8, 4) is 5.69 Å². The minimum Gasteiger partial charge on any atom is -0.459 e. The molecule has 2 aromatic carbocycles. The van der Waals surface area contributed by atoms with Gasteiger partial charge in [0.05, 0.1) is 18.1 Å². The Morgan fingerprint density at radius 2 is 1.91 bits per heavy atom. The number of para-hydroxylation sites is 1.